The first-order valence-electron chi connectivity index (χ1n) is 22.1. The maximum absolute atomic E-state index is 15.2. The van der Waals surface area contributed by atoms with Crippen molar-refractivity contribution in [3.8, 4) is 12.3 Å². The van der Waals surface area contributed by atoms with Crippen LogP contribution in [0, 0.1) is 29.6 Å². The molecule has 0 aliphatic rings. The molecule has 1 rings (SSSR count). The molecule has 0 amide bonds. The van der Waals surface area contributed by atoms with Crippen LogP contribution >= 0.6 is 0 Å². The van der Waals surface area contributed by atoms with E-state index in [0.29, 0.717) is 12.8 Å². The number of terminal acetylenes is 1. The SMILES string of the molecule is C#CCCC(C(=O)C(C)(C)C(CC(=O)O)O[Si](C)(C)C(C)(C)C)C(O[Si](C)(C)C(C)(C)C)C(C)CCCC(C)=CCC(O[Si](C)(C)C(C)(C)C)C(C)=Cc1ccccn1. The minimum absolute atomic E-state index is 0.0220. The first kappa shape index (κ1) is 54.9. The smallest absolute Gasteiger partial charge is 0.305 e. The Kier molecular flexibility index (Phi) is 20.3. The van der Waals surface area contributed by atoms with Crippen molar-refractivity contribution in [2.45, 2.75) is 215 Å². The van der Waals surface area contributed by atoms with E-state index in [1.807, 2.05) is 38.2 Å². The van der Waals surface area contributed by atoms with E-state index in [-0.39, 0.29) is 45.4 Å². The van der Waals surface area contributed by atoms with Gasteiger partial charge in [0, 0.05) is 24.0 Å². The zero-order valence-corrected chi connectivity index (χ0v) is 44.3. The number of carbonyl (C=O) groups is 2. The fourth-order valence-electron chi connectivity index (χ4n) is 6.49. The zero-order chi connectivity index (χ0) is 46.0. The summed E-state index contributed by atoms with van der Waals surface area (Å²) in [6, 6.07) is 5.98. The van der Waals surface area contributed by atoms with E-state index in [2.05, 4.69) is 145 Å². The highest BCUT2D eigenvalue weighted by Gasteiger charge is 2.51. The standard InChI is InChI=1S/C49H87NO6Si3/c1-22-23-30-40(45(53)49(14,15)42(35-43(51)52)55-58(18,19)47(8,9)10)44(56-59(20,21)48(11,12)13)37(3)28-26-27-36(2)31-32-41(54-57(16,17)46(5,6)7)38(4)34-39-29-24-25-33-50-39/h1,24-25,29,31,33-34,37,40-42,44H,23,26-28,30,32,35H2,2-21H3,(H,51,52). The number of carbonyl (C=O) groups excluding carboxylic acids is 1. The largest absolute Gasteiger partial charge is 0.481 e. The van der Waals surface area contributed by atoms with Gasteiger partial charge < -0.3 is 18.4 Å². The van der Waals surface area contributed by atoms with Crippen molar-refractivity contribution < 1.29 is 28.0 Å². The minimum atomic E-state index is -2.44. The van der Waals surface area contributed by atoms with Gasteiger partial charge in [-0.05, 0) is 130 Å². The molecule has 0 bridgehead atoms. The van der Waals surface area contributed by atoms with Crippen LogP contribution in [0.2, 0.25) is 54.4 Å². The van der Waals surface area contributed by atoms with E-state index in [1.165, 1.54) is 11.1 Å². The van der Waals surface area contributed by atoms with E-state index >= 15 is 4.79 Å². The van der Waals surface area contributed by atoms with Gasteiger partial charge in [-0.25, -0.2) is 0 Å². The maximum Gasteiger partial charge on any atom is 0.305 e. The van der Waals surface area contributed by atoms with Gasteiger partial charge in [0.2, 0.25) is 0 Å². The molecule has 7 nitrogen and oxygen atoms in total. The molecule has 1 heterocycles. The molecule has 0 aliphatic carbocycles. The molecule has 0 radical (unpaired) electrons. The third kappa shape index (κ3) is 16.6. The van der Waals surface area contributed by atoms with Gasteiger partial charge in [0.05, 0.1) is 30.4 Å². The molecule has 59 heavy (non-hydrogen) atoms. The first-order chi connectivity index (χ1) is 26.6. The van der Waals surface area contributed by atoms with E-state index in [1.54, 1.807) is 0 Å². The van der Waals surface area contributed by atoms with Crippen molar-refractivity contribution in [1.29, 1.82) is 0 Å². The van der Waals surface area contributed by atoms with Crippen LogP contribution in [0.5, 0.6) is 0 Å². The molecular weight excluding hydrogens is 783 g/mol. The number of aliphatic carboxylic acids is 1. The van der Waals surface area contributed by atoms with Crippen molar-refractivity contribution in [1.82, 2.24) is 4.98 Å². The number of allylic oxidation sites excluding steroid dienone is 1. The Balaban J connectivity index is 3.55. The number of rotatable bonds is 23. The lowest BCUT2D eigenvalue weighted by Gasteiger charge is -2.47. The van der Waals surface area contributed by atoms with Crippen molar-refractivity contribution >= 4 is 42.8 Å². The summed E-state index contributed by atoms with van der Waals surface area (Å²) in [6.07, 6.45) is 15.1. The zero-order valence-electron chi connectivity index (χ0n) is 41.3. The normalized spacial score (nSPS) is 16.9. The molecule has 336 valence electrons. The maximum atomic E-state index is 15.2. The van der Waals surface area contributed by atoms with Gasteiger partial charge in [-0.2, -0.15) is 0 Å². The quantitative estimate of drug-likeness (QED) is 0.0665. The van der Waals surface area contributed by atoms with Gasteiger partial charge in [-0.1, -0.05) is 101 Å². The third-order valence-electron chi connectivity index (χ3n) is 13.9. The van der Waals surface area contributed by atoms with Gasteiger partial charge in [-0.3, -0.25) is 14.6 Å². The second-order valence-corrected chi connectivity index (χ2v) is 36.7. The summed E-state index contributed by atoms with van der Waals surface area (Å²) >= 11 is 0. The van der Waals surface area contributed by atoms with Gasteiger partial charge >= 0.3 is 5.97 Å². The van der Waals surface area contributed by atoms with Crippen molar-refractivity contribution in [2.75, 3.05) is 0 Å². The number of ketones is 1. The second-order valence-electron chi connectivity index (χ2n) is 22.4. The summed E-state index contributed by atoms with van der Waals surface area (Å²) in [5, 5.41) is 9.93. The summed E-state index contributed by atoms with van der Waals surface area (Å²) < 4.78 is 21.1. The number of Topliss-reactive ketones (excluding diaryl/α,β-unsaturated/α-hetero) is 1. The molecule has 0 saturated heterocycles. The Morgan fingerprint density at radius 3 is 1.83 bits per heavy atom. The average Bonchev–Trinajstić information content (AvgIpc) is 3.07. The lowest BCUT2D eigenvalue weighted by atomic mass is 9.71. The number of aromatic nitrogens is 1. The Labute approximate surface area is 365 Å². The molecule has 0 aliphatic heterocycles. The number of hydrogen-bond acceptors (Lipinski definition) is 6. The van der Waals surface area contributed by atoms with Crippen LogP contribution in [0.15, 0.2) is 41.6 Å². The number of carboxylic acid groups (broad SMARTS) is 1. The monoisotopic (exact) mass is 870 g/mol. The number of pyridine rings is 1. The average molecular weight is 870 g/mol. The highest BCUT2D eigenvalue weighted by atomic mass is 28.4. The summed E-state index contributed by atoms with van der Waals surface area (Å²) in [5.41, 5.74) is 2.32. The molecule has 0 aromatic carbocycles. The summed E-state index contributed by atoms with van der Waals surface area (Å²) in [4.78, 5) is 32.0. The topological polar surface area (TPSA) is 95.0 Å². The Bertz CT molecular complexity index is 1600. The molecule has 1 aromatic rings. The summed E-state index contributed by atoms with van der Waals surface area (Å²) in [6.45, 7) is 43.6. The van der Waals surface area contributed by atoms with Crippen LogP contribution < -0.4 is 0 Å². The molecule has 1 aromatic heterocycles. The van der Waals surface area contributed by atoms with E-state index < -0.39 is 48.4 Å². The predicted molar refractivity (Wildman–Crippen MR) is 258 cm³/mol. The van der Waals surface area contributed by atoms with E-state index in [4.69, 9.17) is 19.7 Å². The first-order valence-corrected chi connectivity index (χ1v) is 30.8. The third-order valence-corrected chi connectivity index (χ3v) is 27.3. The van der Waals surface area contributed by atoms with E-state index in [0.717, 1.165) is 31.4 Å². The molecule has 10 heteroatoms. The van der Waals surface area contributed by atoms with Gasteiger partial charge in [-0.15, -0.1) is 12.3 Å². The summed E-state index contributed by atoms with van der Waals surface area (Å²) in [5.74, 6) is 1.34. The van der Waals surface area contributed by atoms with Gasteiger partial charge in [0.1, 0.15) is 5.78 Å². The minimum Gasteiger partial charge on any atom is -0.481 e. The molecule has 5 atom stereocenters. The van der Waals surface area contributed by atoms with Gasteiger partial charge in [0.25, 0.3) is 0 Å². The lowest BCUT2D eigenvalue weighted by Crippen LogP contribution is -2.55. The van der Waals surface area contributed by atoms with Crippen molar-refractivity contribution in [2.24, 2.45) is 17.3 Å². The predicted octanol–water partition coefficient (Wildman–Crippen LogP) is 13.9. The van der Waals surface area contributed by atoms with Gasteiger partial charge in [0.15, 0.2) is 25.0 Å². The van der Waals surface area contributed by atoms with Crippen LogP contribution in [0.4, 0.5) is 0 Å². The fourth-order valence-corrected chi connectivity index (χ4v) is 10.7. The molecule has 5 unspecified atom stereocenters. The molecule has 0 saturated carbocycles. The molecular formula is C49H87NO6Si3. The van der Waals surface area contributed by atoms with Crippen LogP contribution in [0.25, 0.3) is 6.08 Å². The Morgan fingerprint density at radius 1 is 0.831 bits per heavy atom. The van der Waals surface area contributed by atoms with Crippen LogP contribution in [-0.4, -0.2) is 65.1 Å². The number of nitrogens with zero attached hydrogens (tertiary/aromatic N) is 1. The Hall–Kier alpha value is -2.14. The van der Waals surface area contributed by atoms with Crippen molar-refractivity contribution in [3.05, 3.63) is 47.3 Å². The number of hydrogen-bond donors (Lipinski definition) is 1. The van der Waals surface area contributed by atoms with Crippen LogP contribution in [-0.2, 0) is 22.9 Å². The van der Waals surface area contributed by atoms with Crippen molar-refractivity contribution in [3.63, 3.8) is 0 Å². The second kappa shape index (κ2) is 21.8. The summed E-state index contributed by atoms with van der Waals surface area (Å²) in [7, 11) is -6.87. The Morgan fingerprint density at radius 2 is 1.36 bits per heavy atom. The number of carboxylic acids is 1. The fraction of sp³-hybridized carbons (Fsp3) is 0.735. The lowest BCUT2D eigenvalue weighted by molar-refractivity contribution is -0.147. The highest BCUT2D eigenvalue weighted by Crippen LogP contribution is 2.45. The molecule has 0 fully saturated rings. The highest BCUT2D eigenvalue weighted by molar-refractivity contribution is 6.75. The van der Waals surface area contributed by atoms with Crippen LogP contribution in [0.1, 0.15) is 148 Å². The van der Waals surface area contributed by atoms with Crippen LogP contribution in [0.3, 0.4) is 0 Å². The molecule has 0 spiro atoms. The van der Waals surface area contributed by atoms with E-state index in [9.17, 15) is 9.90 Å². The molecule has 1 N–H and O–H groups in total.